The number of benzene rings is 1. The van der Waals surface area contributed by atoms with Gasteiger partial charge in [0.25, 0.3) is 5.69 Å². The number of carbonyl (C=O) groups excluding carboxylic acids is 1. The lowest BCUT2D eigenvalue weighted by Crippen LogP contribution is -2.54. The summed E-state index contributed by atoms with van der Waals surface area (Å²) in [6.07, 6.45) is 0.168. The molecule has 1 aliphatic heterocycles. The van der Waals surface area contributed by atoms with E-state index in [0.717, 1.165) is 0 Å². The van der Waals surface area contributed by atoms with Crippen molar-refractivity contribution in [1.29, 1.82) is 0 Å². The maximum absolute atomic E-state index is 12.0. The molecule has 2 N–H and O–H groups in total. The highest BCUT2D eigenvalue weighted by Crippen LogP contribution is 2.44. The minimum Gasteiger partial charge on any atom is -0.487 e. The molecule has 0 bridgehead atoms. The van der Waals surface area contributed by atoms with Gasteiger partial charge < -0.3 is 15.2 Å². The summed E-state index contributed by atoms with van der Waals surface area (Å²) in [7, 11) is 1.23. The molecule has 0 amide bonds. The number of nitro groups is 1. The SMILES string of the molecule is COC(=O)C1(N)CC(C)(C)Oc2ccc([N+](=O)[O-])cc21. The van der Waals surface area contributed by atoms with Gasteiger partial charge in [0.15, 0.2) is 0 Å². The van der Waals surface area contributed by atoms with Gasteiger partial charge in [-0.1, -0.05) is 0 Å². The normalized spacial score (nSPS) is 23.4. The van der Waals surface area contributed by atoms with Gasteiger partial charge in [0.2, 0.25) is 0 Å². The molecule has 0 aromatic heterocycles. The quantitative estimate of drug-likeness (QED) is 0.500. The standard InChI is InChI=1S/C13H16N2O5/c1-12(2)7-13(14,11(16)19-3)9-6-8(15(17)18)4-5-10(9)20-12/h4-6H,7,14H2,1-3H3. The predicted molar refractivity (Wildman–Crippen MR) is 70.3 cm³/mol. The third-order valence-corrected chi connectivity index (χ3v) is 3.30. The lowest BCUT2D eigenvalue weighted by Gasteiger charge is -2.41. The van der Waals surface area contributed by atoms with Gasteiger partial charge in [-0.2, -0.15) is 0 Å². The molecule has 1 aromatic rings. The molecule has 2 rings (SSSR count). The number of fused-ring (bicyclic) bond motifs is 1. The number of hydrogen-bond acceptors (Lipinski definition) is 6. The Bertz CT molecular complexity index is 584. The van der Waals surface area contributed by atoms with E-state index in [0.29, 0.717) is 5.75 Å². The Balaban J connectivity index is 2.64. The highest BCUT2D eigenvalue weighted by molar-refractivity contribution is 5.84. The number of carbonyl (C=O) groups is 1. The Labute approximate surface area is 115 Å². The average Bonchev–Trinajstić information content (AvgIpc) is 2.35. The first-order chi connectivity index (χ1) is 9.19. The number of hydrogen-bond donors (Lipinski definition) is 1. The van der Waals surface area contributed by atoms with Crippen LogP contribution in [0.4, 0.5) is 5.69 Å². The molecule has 1 atom stereocenters. The first kappa shape index (κ1) is 14.3. The van der Waals surface area contributed by atoms with E-state index < -0.39 is 22.0 Å². The molecule has 1 unspecified atom stereocenters. The van der Waals surface area contributed by atoms with Crippen molar-refractivity contribution >= 4 is 11.7 Å². The highest BCUT2D eigenvalue weighted by atomic mass is 16.6. The Hall–Kier alpha value is -2.15. The van der Waals surface area contributed by atoms with Gasteiger partial charge in [0, 0.05) is 24.1 Å². The molecule has 1 aliphatic rings. The Morgan fingerprint density at radius 1 is 1.50 bits per heavy atom. The molecular weight excluding hydrogens is 264 g/mol. The van der Waals surface area contributed by atoms with Crippen molar-refractivity contribution < 1.29 is 19.2 Å². The number of nitrogens with zero attached hydrogens (tertiary/aromatic N) is 1. The number of nitro benzene ring substituents is 1. The fourth-order valence-corrected chi connectivity index (χ4v) is 2.53. The van der Waals surface area contributed by atoms with E-state index in [-0.39, 0.29) is 17.7 Å². The second-order valence-corrected chi connectivity index (χ2v) is 5.44. The minimum atomic E-state index is -1.46. The van der Waals surface area contributed by atoms with Crippen LogP contribution in [0.1, 0.15) is 25.8 Å². The molecule has 0 saturated carbocycles. The summed E-state index contributed by atoms with van der Waals surface area (Å²) >= 11 is 0. The molecule has 7 nitrogen and oxygen atoms in total. The van der Waals surface area contributed by atoms with Crippen LogP contribution in [0.2, 0.25) is 0 Å². The molecule has 20 heavy (non-hydrogen) atoms. The second kappa shape index (κ2) is 4.45. The van der Waals surface area contributed by atoms with Crippen molar-refractivity contribution in [2.24, 2.45) is 5.73 Å². The summed E-state index contributed by atoms with van der Waals surface area (Å²) in [6.45, 7) is 3.59. The van der Waals surface area contributed by atoms with Crippen molar-refractivity contribution in [2.45, 2.75) is 31.4 Å². The molecule has 0 fully saturated rings. The average molecular weight is 280 g/mol. The van der Waals surface area contributed by atoms with Crippen LogP contribution in [0.25, 0.3) is 0 Å². The summed E-state index contributed by atoms with van der Waals surface area (Å²) in [6, 6.07) is 4.04. The summed E-state index contributed by atoms with van der Waals surface area (Å²) in [5.74, 6) is -0.282. The zero-order chi connectivity index (χ0) is 15.1. The van der Waals surface area contributed by atoms with E-state index in [2.05, 4.69) is 0 Å². The Kier molecular flexibility index (Phi) is 3.17. The number of rotatable bonds is 2. The van der Waals surface area contributed by atoms with Crippen LogP contribution in [-0.2, 0) is 15.1 Å². The lowest BCUT2D eigenvalue weighted by molar-refractivity contribution is -0.385. The number of nitrogens with two attached hydrogens (primary N) is 1. The van der Waals surface area contributed by atoms with Crippen molar-refractivity contribution in [3.8, 4) is 5.75 Å². The zero-order valence-electron chi connectivity index (χ0n) is 11.5. The second-order valence-electron chi connectivity index (χ2n) is 5.44. The van der Waals surface area contributed by atoms with Gasteiger partial charge in [0.1, 0.15) is 16.9 Å². The van der Waals surface area contributed by atoms with Crippen LogP contribution in [0.3, 0.4) is 0 Å². The van der Waals surface area contributed by atoms with E-state index >= 15 is 0 Å². The molecule has 0 radical (unpaired) electrons. The fourth-order valence-electron chi connectivity index (χ4n) is 2.53. The minimum absolute atomic E-state index is 0.147. The van der Waals surface area contributed by atoms with Gasteiger partial charge in [0.05, 0.1) is 12.0 Å². The number of esters is 1. The maximum Gasteiger partial charge on any atom is 0.330 e. The number of non-ortho nitro benzene ring substituents is 1. The molecule has 0 aliphatic carbocycles. The summed E-state index contributed by atoms with van der Waals surface area (Å²) in [5.41, 5.74) is 4.19. The van der Waals surface area contributed by atoms with Gasteiger partial charge in [-0.25, -0.2) is 4.79 Å². The molecule has 0 spiro atoms. The van der Waals surface area contributed by atoms with E-state index in [9.17, 15) is 14.9 Å². The van der Waals surface area contributed by atoms with Crippen LogP contribution in [0, 0.1) is 10.1 Å². The van der Waals surface area contributed by atoms with E-state index in [1.165, 1.54) is 25.3 Å². The van der Waals surface area contributed by atoms with Gasteiger partial charge in [-0.05, 0) is 19.9 Å². The van der Waals surface area contributed by atoms with Crippen molar-refractivity contribution in [2.75, 3.05) is 7.11 Å². The molecule has 0 saturated heterocycles. The summed E-state index contributed by atoms with van der Waals surface area (Å²) in [5, 5.41) is 10.9. The van der Waals surface area contributed by atoms with Gasteiger partial charge >= 0.3 is 5.97 Å². The van der Waals surface area contributed by atoms with Crippen molar-refractivity contribution in [3.63, 3.8) is 0 Å². The van der Waals surface area contributed by atoms with Crippen LogP contribution in [-0.4, -0.2) is 23.6 Å². The Morgan fingerprint density at radius 2 is 2.15 bits per heavy atom. The van der Waals surface area contributed by atoms with Gasteiger partial charge in [-0.15, -0.1) is 0 Å². The Morgan fingerprint density at radius 3 is 2.70 bits per heavy atom. The van der Waals surface area contributed by atoms with Crippen LogP contribution in [0.15, 0.2) is 18.2 Å². The third kappa shape index (κ3) is 2.20. The predicted octanol–water partition coefficient (Wildman–Crippen LogP) is 1.48. The molecule has 7 heteroatoms. The molecule has 1 aromatic carbocycles. The molecule has 108 valence electrons. The highest BCUT2D eigenvalue weighted by Gasteiger charge is 2.49. The largest absolute Gasteiger partial charge is 0.487 e. The number of ether oxygens (including phenoxy) is 2. The first-order valence-electron chi connectivity index (χ1n) is 6.05. The first-order valence-corrected chi connectivity index (χ1v) is 6.05. The molecule has 1 heterocycles. The van der Waals surface area contributed by atoms with Crippen LogP contribution in [0.5, 0.6) is 5.75 Å². The van der Waals surface area contributed by atoms with Gasteiger partial charge in [-0.3, -0.25) is 10.1 Å². The zero-order valence-corrected chi connectivity index (χ0v) is 11.5. The van der Waals surface area contributed by atoms with Crippen molar-refractivity contribution in [1.82, 2.24) is 0 Å². The molecular formula is C13H16N2O5. The monoisotopic (exact) mass is 280 g/mol. The number of methoxy groups -OCH3 is 1. The summed E-state index contributed by atoms with van der Waals surface area (Å²) in [4.78, 5) is 22.4. The van der Waals surface area contributed by atoms with E-state index in [4.69, 9.17) is 15.2 Å². The maximum atomic E-state index is 12.0. The van der Waals surface area contributed by atoms with E-state index in [1.807, 2.05) is 0 Å². The van der Waals surface area contributed by atoms with Crippen LogP contribution >= 0.6 is 0 Å². The topological polar surface area (TPSA) is 105 Å². The smallest absolute Gasteiger partial charge is 0.330 e. The lowest BCUT2D eigenvalue weighted by atomic mass is 9.78. The third-order valence-electron chi connectivity index (χ3n) is 3.30. The van der Waals surface area contributed by atoms with E-state index in [1.54, 1.807) is 13.8 Å². The fraction of sp³-hybridized carbons (Fsp3) is 0.462. The van der Waals surface area contributed by atoms with Crippen LogP contribution < -0.4 is 10.5 Å². The summed E-state index contributed by atoms with van der Waals surface area (Å²) < 4.78 is 10.5. The van der Waals surface area contributed by atoms with Crippen molar-refractivity contribution in [3.05, 3.63) is 33.9 Å².